The van der Waals surface area contributed by atoms with Crippen LogP contribution < -0.4 is 5.32 Å². The summed E-state index contributed by atoms with van der Waals surface area (Å²) in [6, 6.07) is 0. The lowest BCUT2D eigenvalue weighted by molar-refractivity contribution is -0.117. The monoisotopic (exact) mass is 367 g/mol. The highest BCUT2D eigenvalue weighted by molar-refractivity contribution is 7.85. The number of hydrogen-bond acceptors (Lipinski definition) is 3. The first-order chi connectivity index (χ1) is 11.9. The lowest BCUT2D eigenvalue weighted by Crippen LogP contribution is -2.25. The Labute approximate surface area is 151 Å². The molecule has 1 atom stereocenters. The van der Waals surface area contributed by atoms with Crippen molar-refractivity contribution in [1.29, 1.82) is 0 Å². The Morgan fingerprint density at radius 3 is 2.52 bits per heavy atom. The van der Waals surface area contributed by atoms with Gasteiger partial charge in [0.2, 0.25) is 0 Å². The summed E-state index contributed by atoms with van der Waals surface area (Å²) >= 11 is 0. The number of rotatable bonds is 11. The van der Waals surface area contributed by atoms with Gasteiger partial charge in [-0.2, -0.15) is 8.42 Å². The first-order valence-corrected chi connectivity index (χ1v) is 10.5. The third kappa shape index (κ3) is 10.7. The molecule has 0 saturated carbocycles. The fourth-order valence-electron chi connectivity index (χ4n) is 2.74. The Balaban J connectivity index is 2.28. The average molecular weight is 368 g/mol. The number of allylic oxidation sites excluding steroid dienone is 6. The third-order valence-electron chi connectivity index (χ3n) is 4.06. The van der Waals surface area contributed by atoms with Crippen LogP contribution in [0, 0.1) is 5.92 Å². The van der Waals surface area contributed by atoms with Crippen LogP contribution >= 0.6 is 0 Å². The number of carbonyl (C=O) groups is 1. The van der Waals surface area contributed by atoms with Crippen LogP contribution in [0.25, 0.3) is 0 Å². The van der Waals surface area contributed by atoms with E-state index in [9.17, 15) is 13.2 Å². The van der Waals surface area contributed by atoms with Crippen molar-refractivity contribution >= 4 is 16.0 Å². The maximum atomic E-state index is 12.1. The lowest BCUT2D eigenvalue weighted by atomic mass is 9.94. The zero-order chi connectivity index (χ0) is 18.5. The van der Waals surface area contributed by atoms with Crippen LogP contribution in [0.15, 0.2) is 48.1 Å². The Kier molecular flexibility index (Phi) is 10.1. The van der Waals surface area contributed by atoms with E-state index >= 15 is 0 Å². The molecule has 140 valence electrons. The zero-order valence-corrected chi connectivity index (χ0v) is 15.7. The smallest absolute Gasteiger partial charge is 0.264 e. The standard InChI is InChI=1S/C19H29NO4S/c1-2-10-17(14-16-25(22,23)24)11-8-9-15-20-19(21)18-12-6-4-3-5-7-13-18/h3-7,12-13,17H,2,8-11,14-16H2,1H3,(H,20,21)(H,22,23,24)/b4-3-,5-3?,6-4?,7-5-,12-6-,13-7?,18-12?,18-13+. The van der Waals surface area contributed by atoms with Crippen LogP contribution in [0.5, 0.6) is 0 Å². The summed E-state index contributed by atoms with van der Waals surface area (Å²) in [5.41, 5.74) is 0.623. The van der Waals surface area contributed by atoms with E-state index in [0.717, 1.165) is 32.1 Å². The van der Waals surface area contributed by atoms with E-state index in [4.69, 9.17) is 4.55 Å². The summed E-state index contributed by atoms with van der Waals surface area (Å²) in [5, 5.41) is 2.91. The van der Waals surface area contributed by atoms with E-state index in [1.54, 1.807) is 12.2 Å². The maximum absolute atomic E-state index is 12.1. The number of amides is 1. The molecule has 0 aromatic carbocycles. The third-order valence-corrected chi connectivity index (χ3v) is 4.82. The van der Waals surface area contributed by atoms with Crippen molar-refractivity contribution in [3.63, 3.8) is 0 Å². The van der Waals surface area contributed by atoms with Crippen LogP contribution in [0.3, 0.4) is 0 Å². The number of hydrogen-bond donors (Lipinski definition) is 2. The predicted molar refractivity (Wildman–Crippen MR) is 102 cm³/mol. The van der Waals surface area contributed by atoms with Crippen molar-refractivity contribution in [1.82, 2.24) is 5.32 Å². The summed E-state index contributed by atoms with van der Waals surface area (Å²) in [6.07, 6.45) is 18.0. The van der Waals surface area contributed by atoms with Crippen molar-refractivity contribution in [2.75, 3.05) is 12.3 Å². The highest BCUT2D eigenvalue weighted by atomic mass is 32.2. The largest absolute Gasteiger partial charge is 0.352 e. The molecular formula is C19H29NO4S. The topological polar surface area (TPSA) is 83.5 Å². The molecule has 0 radical (unpaired) electrons. The van der Waals surface area contributed by atoms with Crippen molar-refractivity contribution in [2.45, 2.75) is 45.4 Å². The number of carbonyl (C=O) groups excluding carboxylic acids is 1. The molecule has 6 heteroatoms. The molecule has 0 heterocycles. The van der Waals surface area contributed by atoms with Crippen molar-refractivity contribution < 1.29 is 17.8 Å². The van der Waals surface area contributed by atoms with Crippen molar-refractivity contribution in [3.05, 3.63) is 48.1 Å². The van der Waals surface area contributed by atoms with E-state index in [0.29, 0.717) is 24.5 Å². The fraction of sp³-hybridized carbons (Fsp3) is 0.526. The second-order valence-corrected chi connectivity index (χ2v) is 7.80. The highest BCUT2D eigenvalue weighted by Gasteiger charge is 2.13. The second kappa shape index (κ2) is 11.8. The Morgan fingerprint density at radius 2 is 1.80 bits per heavy atom. The summed E-state index contributed by atoms with van der Waals surface area (Å²) in [6.45, 7) is 2.67. The molecule has 25 heavy (non-hydrogen) atoms. The van der Waals surface area contributed by atoms with Gasteiger partial charge in [-0.15, -0.1) is 0 Å². The van der Waals surface area contributed by atoms with E-state index in [1.165, 1.54) is 0 Å². The molecule has 0 bridgehead atoms. The van der Waals surface area contributed by atoms with Crippen LogP contribution in [0.1, 0.15) is 45.4 Å². The minimum Gasteiger partial charge on any atom is -0.352 e. The normalized spacial score (nSPS) is 21.3. The van der Waals surface area contributed by atoms with Gasteiger partial charge in [0, 0.05) is 12.1 Å². The van der Waals surface area contributed by atoms with E-state index in [-0.39, 0.29) is 11.7 Å². The predicted octanol–water partition coefficient (Wildman–Crippen LogP) is 3.58. The van der Waals surface area contributed by atoms with E-state index in [2.05, 4.69) is 12.2 Å². The first kappa shape index (κ1) is 21.4. The van der Waals surface area contributed by atoms with Gasteiger partial charge in [-0.25, -0.2) is 0 Å². The van der Waals surface area contributed by atoms with Gasteiger partial charge in [0.15, 0.2) is 0 Å². The number of nitrogens with one attached hydrogen (secondary N) is 1. The summed E-state index contributed by atoms with van der Waals surface area (Å²) < 4.78 is 30.6. The van der Waals surface area contributed by atoms with Gasteiger partial charge in [0.25, 0.3) is 16.0 Å². The lowest BCUT2D eigenvalue weighted by Gasteiger charge is -2.15. The summed E-state index contributed by atoms with van der Waals surface area (Å²) in [5.74, 6) is 0.0418. The first-order valence-electron chi connectivity index (χ1n) is 8.87. The average Bonchev–Trinajstić information content (AvgIpc) is 2.50. The molecule has 2 N–H and O–H groups in total. The molecule has 1 aliphatic rings. The van der Waals surface area contributed by atoms with E-state index in [1.807, 2.05) is 30.4 Å². The van der Waals surface area contributed by atoms with Gasteiger partial charge in [-0.1, -0.05) is 63.0 Å². The quantitative estimate of drug-likeness (QED) is 0.432. The molecule has 0 aromatic heterocycles. The summed E-state index contributed by atoms with van der Waals surface area (Å²) in [4.78, 5) is 12.1. The molecule has 1 amide bonds. The highest BCUT2D eigenvalue weighted by Crippen LogP contribution is 2.19. The molecule has 0 aromatic rings. The molecule has 5 nitrogen and oxygen atoms in total. The Morgan fingerprint density at radius 1 is 1.08 bits per heavy atom. The van der Waals surface area contributed by atoms with Gasteiger partial charge >= 0.3 is 0 Å². The molecule has 1 unspecified atom stereocenters. The maximum Gasteiger partial charge on any atom is 0.264 e. The molecule has 0 saturated heterocycles. The Bertz CT molecular complexity index is 630. The SMILES string of the molecule is CCCC(CCCCNC(=O)C1=C/C=C\C=C/C=C\1)CCS(=O)(=O)O. The molecule has 0 spiro atoms. The zero-order valence-electron chi connectivity index (χ0n) is 14.9. The van der Waals surface area contributed by atoms with Crippen LogP contribution in [0.4, 0.5) is 0 Å². The number of unbranched alkanes of at least 4 members (excludes halogenated alkanes) is 1. The van der Waals surface area contributed by atoms with Gasteiger partial charge in [-0.05, 0) is 30.9 Å². The van der Waals surface area contributed by atoms with Gasteiger partial charge in [-0.3, -0.25) is 9.35 Å². The van der Waals surface area contributed by atoms with Gasteiger partial charge < -0.3 is 5.32 Å². The summed E-state index contributed by atoms with van der Waals surface area (Å²) in [7, 11) is -3.88. The van der Waals surface area contributed by atoms with E-state index < -0.39 is 10.1 Å². The van der Waals surface area contributed by atoms with Crippen LogP contribution in [-0.4, -0.2) is 31.2 Å². The minimum absolute atomic E-state index is 0.0901. The fourth-order valence-corrected chi connectivity index (χ4v) is 3.37. The van der Waals surface area contributed by atoms with Crippen molar-refractivity contribution in [3.8, 4) is 0 Å². The molecular weight excluding hydrogens is 338 g/mol. The molecule has 0 fully saturated rings. The van der Waals surface area contributed by atoms with Gasteiger partial charge in [0.1, 0.15) is 0 Å². The second-order valence-electron chi connectivity index (χ2n) is 6.23. The molecule has 1 rings (SSSR count). The van der Waals surface area contributed by atoms with Gasteiger partial charge in [0.05, 0.1) is 5.75 Å². The molecule has 0 aliphatic heterocycles. The Hall–Kier alpha value is -1.66. The minimum atomic E-state index is -3.88. The van der Waals surface area contributed by atoms with Crippen molar-refractivity contribution in [2.24, 2.45) is 5.92 Å². The van der Waals surface area contributed by atoms with Crippen LogP contribution in [-0.2, 0) is 14.9 Å². The molecule has 1 aliphatic carbocycles. The van der Waals surface area contributed by atoms with Crippen LogP contribution in [0.2, 0.25) is 0 Å².